The molecule has 28 heavy (non-hydrogen) atoms. The predicted octanol–water partition coefficient (Wildman–Crippen LogP) is 3.46. The average Bonchev–Trinajstić information content (AvgIpc) is 3.05. The summed E-state index contributed by atoms with van der Waals surface area (Å²) < 4.78 is 0. The van der Waals surface area contributed by atoms with Crippen LogP contribution >= 0.6 is 11.3 Å². The molecule has 2 N–H and O–H groups in total. The molecule has 0 fully saturated rings. The maximum Gasteiger partial charge on any atom is 0.270 e. The van der Waals surface area contributed by atoms with Crippen molar-refractivity contribution in [3.05, 3.63) is 51.4 Å². The van der Waals surface area contributed by atoms with Crippen molar-refractivity contribution in [2.24, 2.45) is 0 Å². The molecule has 4 heterocycles. The molecule has 3 aromatic rings. The Morgan fingerprint density at radius 2 is 2.14 bits per heavy atom. The van der Waals surface area contributed by atoms with Crippen LogP contribution in [0, 0.1) is 13.8 Å². The third-order valence-corrected chi connectivity index (χ3v) is 6.05. The number of aromatic nitrogens is 4. The monoisotopic (exact) mass is 394 g/mol. The fraction of sp³-hybridized carbons (Fsp3) is 0.350. The zero-order valence-corrected chi connectivity index (χ0v) is 16.9. The molecule has 1 unspecified atom stereocenters. The minimum Gasteiger partial charge on any atom is -0.360 e. The summed E-state index contributed by atoms with van der Waals surface area (Å²) >= 11 is 1.70. The molecule has 0 radical (unpaired) electrons. The predicted molar refractivity (Wildman–Crippen MR) is 110 cm³/mol. The highest BCUT2D eigenvalue weighted by molar-refractivity contribution is 7.11. The fourth-order valence-corrected chi connectivity index (χ4v) is 4.24. The first-order valence-corrected chi connectivity index (χ1v) is 10.2. The Kier molecular flexibility index (Phi) is 5.04. The second-order valence-electron chi connectivity index (χ2n) is 6.77. The molecular weight excluding hydrogens is 372 g/mol. The summed E-state index contributed by atoms with van der Waals surface area (Å²) in [6, 6.07) is 3.76. The van der Waals surface area contributed by atoms with Gasteiger partial charge in [-0.05, 0) is 38.8 Å². The first-order chi connectivity index (χ1) is 13.6. The Hall–Kier alpha value is -2.87. The highest BCUT2D eigenvalue weighted by atomic mass is 32.1. The van der Waals surface area contributed by atoms with E-state index in [9.17, 15) is 4.79 Å². The minimum atomic E-state index is -0.161. The zero-order valence-electron chi connectivity index (χ0n) is 16.1. The summed E-state index contributed by atoms with van der Waals surface area (Å²) in [6.07, 6.45) is 4.97. The fourth-order valence-electron chi connectivity index (χ4n) is 3.19. The lowest BCUT2D eigenvalue weighted by atomic mass is 10.1. The third-order valence-electron chi connectivity index (χ3n) is 4.86. The molecule has 0 bridgehead atoms. The summed E-state index contributed by atoms with van der Waals surface area (Å²) in [6.45, 7) is 6.81. The van der Waals surface area contributed by atoms with Crippen molar-refractivity contribution >= 4 is 23.1 Å². The topological polar surface area (TPSA) is 92.7 Å². The van der Waals surface area contributed by atoms with Gasteiger partial charge in [-0.2, -0.15) is 0 Å². The summed E-state index contributed by atoms with van der Waals surface area (Å²) in [5.74, 6) is 1.04. The first kappa shape index (κ1) is 18.5. The Morgan fingerprint density at radius 1 is 1.29 bits per heavy atom. The largest absolute Gasteiger partial charge is 0.360 e. The van der Waals surface area contributed by atoms with Crippen molar-refractivity contribution in [1.29, 1.82) is 0 Å². The van der Waals surface area contributed by atoms with E-state index in [0.717, 1.165) is 28.2 Å². The lowest BCUT2D eigenvalue weighted by Gasteiger charge is -2.23. The molecule has 1 atom stereocenters. The number of pyridine rings is 1. The summed E-state index contributed by atoms with van der Waals surface area (Å²) in [7, 11) is 0. The zero-order chi connectivity index (χ0) is 19.7. The number of amides is 1. The molecule has 1 aliphatic rings. The van der Waals surface area contributed by atoms with Gasteiger partial charge < -0.3 is 10.6 Å². The molecule has 0 spiro atoms. The van der Waals surface area contributed by atoms with Gasteiger partial charge in [-0.1, -0.05) is 6.92 Å². The van der Waals surface area contributed by atoms with Crippen molar-refractivity contribution in [2.45, 2.75) is 39.7 Å². The second kappa shape index (κ2) is 7.63. The molecule has 1 amide bonds. The Morgan fingerprint density at radius 3 is 2.82 bits per heavy atom. The van der Waals surface area contributed by atoms with E-state index in [1.807, 2.05) is 19.1 Å². The number of aryl methyl sites for hydroxylation is 2. The van der Waals surface area contributed by atoms with Crippen molar-refractivity contribution in [3.63, 3.8) is 0 Å². The number of carbonyl (C=O) groups excluding carboxylic acids is 1. The highest BCUT2D eigenvalue weighted by Crippen LogP contribution is 2.31. The van der Waals surface area contributed by atoms with Crippen molar-refractivity contribution in [1.82, 2.24) is 25.3 Å². The molecule has 3 aromatic heterocycles. The van der Waals surface area contributed by atoms with Gasteiger partial charge in [0.15, 0.2) is 5.82 Å². The maximum atomic E-state index is 12.4. The number of anilines is 1. The average molecular weight is 395 g/mol. The first-order valence-electron chi connectivity index (χ1n) is 9.36. The molecule has 1 aliphatic heterocycles. The Bertz CT molecular complexity index is 998. The number of nitrogens with one attached hydrogen (secondary N) is 2. The van der Waals surface area contributed by atoms with E-state index in [-0.39, 0.29) is 11.9 Å². The molecule has 0 saturated carbocycles. The number of hydrogen-bond acceptors (Lipinski definition) is 7. The molecule has 7 nitrogen and oxygen atoms in total. The van der Waals surface area contributed by atoms with E-state index in [0.29, 0.717) is 30.3 Å². The third kappa shape index (κ3) is 3.47. The van der Waals surface area contributed by atoms with Gasteiger partial charge >= 0.3 is 0 Å². The van der Waals surface area contributed by atoms with E-state index in [1.54, 1.807) is 23.7 Å². The number of fused-ring (bicyclic) bond motifs is 1. The van der Waals surface area contributed by atoms with Gasteiger partial charge in [0, 0.05) is 34.9 Å². The van der Waals surface area contributed by atoms with Crippen LogP contribution in [0.2, 0.25) is 0 Å². The van der Waals surface area contributed by atoms with Gasteiger partial charge in [-0.15, -0.1) is 11.3 Å². The van der Waals surface area contributed by atoms with Gasteiger partial charge in [0.2, 0.25) is 0 Å². The SMILES string of the molecule is CCC(Nc1nc(-c2cccnc2)nc2c1CCNC2=O)c1nc(C)c(C)s1. The summed E-state index contributed by atoms with van der Waals surface area (Å²) in [5.41, 5.74) is 3.13. The van der Waals surface area contributed by atoms with Crippen LogP contribution in [0.15, 0.2) is 24.5 Å². The van der Waals surface area contributed by atoms with E-state index < -0.39 is 0 Å². The van der Waals surface area contributed by atoms with Gasteiger partial charge in [-0.3, -0.25) is 9.78 Å². The lowest BCUT2D eigenvalue weighted by molar-refractivity contribution is 0.0940. The van der Waals surface area contributed by atoms with Crippen LogP contribution in [0.3, 0.4) is 0 Å². The van der Waals surface area contributed by atoms with Crippen LogP contribution in [0.4, 0.5) is 5.82 Å². The lowest BCUT2D eigenvalue weighted by Crippen LogP contribution is -2.34. The quantitative estimate of drug-likeness (QED) is 0.688. The van der Waals surface area contributed by atoms with Crippen LogP contribution in [0.5, 0.6) is 0 Å². The van der Waals surface area contributed by atoms with Crippen LogP contribution in [0.25, 0.3) is 11.4 Å². The second-order valence-corrected chi connectivity index (χ2v) is 8.00. The van der Waals surface area contributed by atoms with Crippen LogP contribution < -0.4 is 10.6 Å². The molecule has 144 valence electrons. The van der Waals surface area contributed by atoms with Gasteiger partial charge in [0.25, 0.3) is 5.91 Å². The van der Waals surface area contributed by atoms with Gasteiger partial charge in [0.05, 0.1) is 11.7 Å². The van der Waals surface area contributed by atoms with Crippen molar-refractivity contribution < 1.29 is 4.79 Å². The van der Waals surface area contributed by atoms with Gasteiger partial charge in [0.1, 0.15) is 16.5 Å². The number of thiazole rings is 1. The smallest absolute Gasteiger partial charge is 0.270 e. The molecule has 8 heteroatoms. The standard InChI is InChI=1S/C20H22N6OS/c1-4-15(20-23-11(2)12(3)28-20)24-18-14-7-9-22-19(27)16(14)25-17(26-18)13-6-5-8-21-10-13/h5-6,8,10,15H,4,7,9H2,1-3H3,(H,22,27)(H,24,25,26). The Labute approximate surface area is 167 Å². The van der Waals surface area contributed by atoms with Crippen LogP contribution in [0.1, 0.15) is 51.0 Å². The number of rotatable bonds is 5. The maximum absolute atomic E-state index is 12.4. The summed E-state index contributed by atoms with van der Waals surface area (Å²) in [5, 5.41) is 7.45. The minimum absolute atomic E-state index is 0.0307. The Balaban J connectivity index is 1.78. The number of hydrogen-bond donors (Lipinski definition) is 2. The molecule has 0 aromatic carbocycles. The van der Waals surface area contributed by atoms with E-state index in [4.69, 9.17) is 9.97 Å². The van der Waals surface area contributed by atoms with E-state index in [2.05, 4.69) is 34.4 Å². The van der Waals surface area contributed by atoms with Crippen molar-refractivity contribution in [2.75, 3.05) is 11.9 Å². The highest BCUT2D eigenvalue weighted by Gasteiger charge is 2.26. The molecule has 0 saturated heterocycles. The molecular formula is C20H22N6OS. The van der Waals surface area contributed by atoms with Crippen molar-refractivity contribution in [3.8, 4) is 11.4 Å². The van der Waals surface area contributed by atoms with Gasteiger partial charge in [-0.25, -0.2) is 15.0 Å². The number of carbonyl (C=O) groups is 1. The normalized spacial score (nSPS) is 14.3. The molecule has 4 rings (SSSR count). The summed E-state index contributed by atoms with van der Waals surface area (Å²) in [4.78, 5) is 31.8. The number of nitrogens with zero attached hydrogens (tertiary/aromatic N) is 4. The van der Waals surface area contributed by atoms with E-state index in [1.165, 1.54) is 4.88 Å². The molecule has 0 aliphatic carbocycles. The van der Waals surface area contributed by atoms with Crippen LogP contribution in [-0.2, 0) is 6.42 Å². The van der Waals surface area contributed by atoms with Crippen LogP contribution in [-0.4, -0.2) is 32.4 Å². The van der Waals surface area contributed by atoms with E-state index >= 15 is 0 Å².